The van der Waals surface area contributed by atoms with Crippen LogP contribution in [0.5, 0.6) is 5.75 Å². The van der Waals surface area contributed by atoms with Crippen molar-refractivity contribution in [2.75, 3.05) is 14.2 Å². The molecule has 0 radical (unpaired) electrons. The van der Waals surface area contributed by atoms with E-state index in [1.165, 1.54) is 5.56 Å². The van der Waals surface area contributed by atoms with E-state index in [1.54, 1.807) is 14.2 Å². The molecule has 0 spiro atoms. The molecule has 0 unspecified atom stereocenters. The molecule has 0 saturated heterocycles. The quantitative estimate of drug-likeness (QED) is 0.854. The van der Waals surface area contributed by atoms with Crippen LogP contribution in [0.15, 0.2) is 18.2 Å². The lowest BCUT2D eigenvalue weighted by Gasteiger charge is -2.21. The first-order chi connectivity index (χ1) is 7.96. The first-order valence-corrected chi connectivity index (χ1v) is 5.86. The minimum atomic E-state index is 0.126. The Morgan fingerprint density at radius 1 is 1.18 bits per heavy atom. The fourth-order valence-corrected chi connectivity index (χ4v) is 1.58. The topological polar surface area (TPSA) is 30.5 Å². The van der Waals surface area contributed by atoms with Gasteiger partial charge in [0.05, 0.1) is 13.7 Å². The van der Waals surface area contributed by atoms with Crippen molar-refractivity contribution in [2.45, 2.75) is 39.5 Å². The van der Waals surface area contributed by atoms with Gasteiger partial charge in [-0.15, -0.1) is 0 Å². The second-order valence-corrected chi connectivity index (χ2v) is 5.18. The van der Waals surface area contributed by atoms with Crippen LogP contribution in [0.3, 0.4) is 0 Å². The fraction of sp³-hybridized carbons (Fsp3) is 0.571. The van der Waals surface area contributed by atoms with E-state index in [2.05, 4.69) is 38.2 Å². The van der Waals surface area contributed by atoms with Gasteiger partial charge in [0.2, 0.25) is 0 Å². The lowest BCUT2D eigenvalue weighted by Crippen LogP contribution is -2.35. The van der Waals surface area contributed by atoms with Crippen LogP contribution in [-0.2, 0) is 17.9 Å². The second kappa shape index (κ2) is 6.03. The summed E-state index contributed by atoms with van der Waals surface area (Å²) in [5, 5.41) is 3.46. The van der Waals surface area contributed by atoms with E-state index in [0.717, 1.165) is 17.9 Å². The van der Waals surface area contributed by atoms with Crippen molar-refractivity contribution in [3.63, 3.8) is 0 Å². The Hall–Kier alpha value is -1.06. The standard InChI is InChI=1S/C14H23NO2/c1-14(2,3)15-9-11-6-7-13(17-5)12(8-11)10-16-4/h6-8,15H,9-10H2,1-5H3. The zero-order chi connectivity index (χ0) is 12.9. The predicted octanol–water partition coefficient (Wildman–Crippen LogP) is 2.73. The second-order valence-electron chi connectivity index (χ2n) is 5.18. The van der Waals surface area contributed by atoms with E-state index >= 15 is 0 Å². The third-order valence-corrected chi connectivity index (χ3v) is 2.47. The van der Waals surface area contributed by atoms with Crippen LogP contribution in [0.25, 0.3) is 0 Å². The van der Waals surface area contributed by atoms with Gasteiger partial charge in [0.25, 0.3) is 0 Å². The molecule has 0 saturated carbocycles. The lowest BCUT2D eigenvalue weighted by atomic mass is 10.1. The summed E-state index contributed by atoms with van der Waals surface area (Å²) in [5.41, 5.74) is 2.46. The summed E-state index contributed by atoms with van der Waals surface area (Å²) in [6, 6.07) is 6.20. The average Bonchev–Trinajstić information content (AvgIpc) is 2.26. The number of hydrogen-bond acceptors (Lipinski definition) is 3. The van der Waals surface area contributed by atoms with E-state index in [0.29, 0.717) is 6.61 Å². The summed E-state index contributed by atoms with van der Waals surface area (Å²) in [7, 11) is 3.38. The molecular formula is C14H23NO2. The molecule has 0 atom stereocenters. The van der Waals surface area contributed by atoms with Crippen molar-refractivity contribution >= 4 is 0 Å². The molecule has 1 aromatic rings. The van der Waals surface area contributed by atoms with Gasteiger partial charge in [0, 0.05) is 24.8 Å². The van der Waals surface area contributed by atoms with E-state index in [9.17, 15) is 0 Å². The molecule has 3 nitrogen and oxygen atoms in total. The molecule has 1 N–H and O–H groups in total. The highest BCUT2D eigenvalue weighted by atomic mass is 16.5. The molecule has 1 rings (SSSR count). The number of rotatable bonds is 5. The van der Waals surface area contributed by atoms with Crippen LogP contribution >= 0.6 is 0 Å². The molecule has 0 aliphatic carbocycles. The van der Waals surface area contributed by atoms with Crippen molar-refractivity contribution in [3.05, 3.63) is 29.3 Å². The van der Waals surface area contributed by atoms with Gasteiger partial charge >= 0.3 is 0 Å². The smallest absolute Gasteiger partial charge is 0.124 e. The van der Waals surface area contributed by atoms with Crippen LogP contribution in [0.2, 0.25) is 0 Å². The van der Waals surface area contributed by atoms with E-state index < -0.39 is 0 Å². The molecular weight excluding hydrogens is 214 g/mol. The van der Waals surface area contributed by atoms with Gasteiger partial charge in [0.1, 0.15) is 5.75 Å². The third kappa shape index (κ3) is 4.75. The first kappa shape index (κ1) is 14.0. The van der Waals surface area contributed by atoms with Crippen molar-refractivity contribution < 1.29 is 9.47 Å². The molecule has 3 heteroatoms. The summed E-state index contributed by atoms with van der Waals surface area (Å²) < 4.78 is 10.5. The molecule has 0 heterocycles. The molecule has 0 aliphatic rings. The molecule has 0 aromatic heterocycles. The van der Waals surface area contributed by atoms with Gasteiger partial charge in [-0.25, -0.2) is 0 Å². The van der Waals surface area contributed by atoms with Gasteiger partial charge in [0.15, 0.2) is 0 Å². The Labute approximate surface area is 104 Å². The van der Waals surface area contributed by atoms with Gasteiger partial charge in [-0.2, -0.15) is 0 Å². The molecule has 0 fully saturated rings. The van der Waals surface area contributed by atoms with Crippen LogP contribution < -0.4 is 10.1 Å². The Morgan fingerprint density at radius 3 is 2.41 bits per heavy atom. The summed E-state index contributed by atoms with van der Waals surface area (Å²) in [6.45, 7) is 7.91. The molecule has 0 bridgehead atoms. The molecule has 96 valence electrons. The number of hydrogen-bond donors (Lipinski definition) is 1. The highest BCUT2D eigenvalue weighted by molar-refractivity contribution is 5.36. The molecule has 0 amide bonds. The SMILES string of the molecule is COCc1cc(CNC(C)(C)C)ccc1OC. The van der Waals surface area contributed by atoms with Crippen molar-refractivity contribution in [1.82, 2.24) is 5.32 Å². The fourth-order valence-electron chi connectivity index (χ4n) is 1.58. The van der Waals surface area contributed by atoms with Crippen LogP contribution in [-0.4, -0.2) is 19.8 Å². The summed E-state index contributed by atoms with van der Waals surface area (Å²) in [5.74, 6) is 0.881. The zero-order valence-corrected chi connectivity index (χ0v) is 11.5. The van der Waals surface area contributed by atoms with Crippen molar-refractivity contribution in [2.24, 2.45) is 0 Å². The van der Waals surface area contributed by atoms with Crippen molar-refractivity contribution in [1.29, 1.82) is 0 Å². The molecule has 17 heavy (non-hydrogen) atoms. The average molecular weight is 237 g/mol. The normalized spacial score (nSPS) is 11.6. The van der Waals surface area contributed by atoms with Crippen LogP contribution in [0.1, 0.15) is 31.9 Å². The summed E-state index contributed by atoms with van der Waals surface area (Å²) in [4.78, 5) is 0. The number of methoxy groups -OCH3 is 2. The van der Waals surface area contributed by atoms with Crippen molar-refractivity contribution in [3.8, 4) is 5.75 Å². The van der Waals surface area contributed by atoms with Gasteiger partial charge in [-0.05, 0) is 38.5 Å². The molecule has 0 aliphatic heterocycles. The highest BCUT2D eigenvalue weighted by Crippen LogP contribution is 2.20. The largest absolute Gasteiger partial charge is 0.496 e. The number of nitrogens with one attached hydrogen (secondary N) is 1. The molecule has 1 aromatic carbocycles. The Kier molecular flexibility index (Phi) is 4.97. The summed E-state index contributed by atoms with van der Waals surface area (Å²) >= 11 is 0. The predicted molar refractivity (Wildman–Crippen MR) is 70.3 cm³/mol. The maximum absolute atomic E-state index is 5.30. The lowest BCUT2D eigenvalue weighted by molar-refractivity contribution is 0.181. The monoisotopic (exact) mass is 237 g/mol. The van der Waals surface area contributed by atoms with Gasteiger partial charge in [-0.3, -0.25) is 0 Å². The van der Waals surface area contributed by atoms with Gasteiger partial charge in [-0.1, -0.05) is 6.07 Å². The number of ether oxygens (including phenoxy) is 2. The summed E-state index contributed by atoms with van der Waals surface area (Å²) in [6.07, 6.45) is 0. The Bertz CT molecular complexity index is 356. The minimum Gasteiger partial charge on any atom is -0.496 e. The van der Waals surface area contributed by atoms with Crippen LogP contribution in [0.4, 0.5) is 0 Å². The zero-order valence-electron chi connectivity index (χ0n) is 11.5. The van der Waals surface area contributed by atoms with Crippen LogP contribution in [0, 0.1) is 0 Å². The van der Waals surface area contributed by atoms with E-state index in [4.69, 9.17) is 9.47 Å². The third-order valence-electron chi connectivity index (χ3n) is 2.47. The highest BCUT2D eigenvalue weighted by Gasteiger charge is 2.09. The maximum Gasteiger partial charge on any atom is 0.124 e. The Balaban J connectivity index is 2.77. The van der Waals surface area contributed by atoms with E-state index in [-0.39, 0.29) is 5.54 Å². The minimum absolute atomic E-state index is 0.126. The first-order valence-electron chi connectivity index (χ1n) is 5.86. The Morgan fingerprint density at radius 2 is 1.88 bits per heavy atom. The number of benzene rings is 1. The van der Waals surface area contributed by atoms with Gasteiger partial charge < -0.3 is 14.8 Å². The maximum atomic E-state index is 5.30. The van der Waals surface area contributed by atoms with E-state index in [1.807, 2.05) is 6.07 Å².